The van der Waals surface area contributed by atoms with Crippen LogP contribution in [0.1, 0.15) is 51.5 Å². The molecule has 0 bridgehead atoms. The molecule has 104 valence electrons. The van der Waals surface area contributed by atoms with E-state index in [-0.39, 0.29) is 11.2 Å². The van der Waals surface area contributed by atoms with Crippen molar-refractivity contribution in [1.82, 2.24) is 5.32 Å². The second-order valence-electron chi connectivity index (χ2n) is 7.03. The average molecular weight is 261 g/mol. The molecule has 0 radical (unpaired) electrons. The van der Waals surface area contributed by atoms with Gasteiger partial charge in [0.2, 0.25) is 0 Å². The fourth-order valence-electron chi connectivity index (χ4n) is 4.06. The standard InChI is InChI=1S/C17H24FN/c1-13(2)19-12-17(10-16(11-17)7-4-8-16)14-5-3-6-15(18)9-14/h3,5-6,9,13,19H,4,7-8,10-12H2,1-2H3. The van der Waals surface area contributed by atoms with Crippen molar-refractivity contribution in [2.45, 2.75) is 57.4 Å². The Morgan fingerprint density at radius 2 is 2.00 bits per heavy atom. The van der Waals surface area contributed by atoms with Crippen molar-refractivity contribution in [2.75, 3.05) is 6.54 Å². The van der Waals surface area contributed by atoms with Crippen molar-refractivity contribution in [3.63, 3.8) is 0 Å². The zero-order chi connectivity index (χ0) is 13.5. The first-order valence-electron chi connectivity index (χ1n) is 7.53. The van der Waals surface area contributed by atoms with Crippen LogP contribution in [0.4, 0.5) is 4.39 Å². The molecular weight excluding hydrogens is 237 g/mol. The fraction of sp³-hybridized carbons (Fsp3) is 0.647. The lowest BCUT2D eigenvalue weighted by molar-refractivity contribution is -0.0490. The number of benzene rings is 1. The summed E-state index contributed by atoms with van der Waals surface area (Å²) in [5.74, 6) is -0.101. The molecule has 2 heteroatoms. The molecule has 2 fully saturated rings. The number of rotatable bonds is 4. The van der Waals surface area contributed by atoms with Crippen molar-refractivity contribution in [2.24, 2.45) is 5.41 Å². The van der Waals surface area contributed by atoms with E-state index in [0.717, 1.165) is 6.54 Å². The molecule has 3 rings (SSSR count). The quantitative estimate of drug-likeness (QED) is 0.863. The predicted molar refractivity (Wildman–Crippen MR) is 76.7 cm³/mol. The Bertz CT molecular complexity index is 454. The van der Waals surface area contributed by atoms with E-state index in [2.05, 4.69) is 25.2 Å². The lowest BCUT2D eigenvalue weighted by atomic mass is 9.43. The van der Waals surface area contributed by atoms with Crippen LogP contribution in [-0.2, 0) is 5.41 Å². The highest BCUT2D eigenvalue weighted by atomic mass is 19.1. The van der Waals surface area contributed by atoms with E-state index in [9.17, 15) is 4.39 Å². The average Bonchev–Trinajstić information content (AvgIpc) is 2.25. The molecule has 1 aromatic rings. The van der Waals surface area contributed by atoms with Gasteiger partial charge >= 0.3 is 0 Å². The minimum atomic E-state index is -0.101. The predicted octanol–water partition coefficient (Wildman–Crippen LogP) is 4.03. The molecule has 1 aromatic carbocycles. The summed E-state index contributed by atoms with van der Waals surface area (Å²) in [6.45, 7) is 5.34. The van der Waals surface area contributed by atoms with Crippen LogP contribution < -0.4 is 5.32 Å². The summed E-state index contributed by atoms with van der Waals surface area (Å²) in [4.78, 5) is 0. The first-order valence-corrected chi connectivity index (χ1v) is 7.53. The number of hydrogen-bond donors (Lipinski definition) is 1. The van der Waals surface area contributed by atoms with Gasteiger partial charge in [0, 0.05) is 18.0 Å². The highest BCUT2D eigenvalue weighted by Gasteiger charge is 2.57. The molecule has 19 heavy (non-hydrogen) atoms. The van der Waals surface area contributed by atoms with Gasteiger partial charge < -0.3 is 5.32 Å². The number of halogens is 1. The van der Waals surface area contributed by atoms with Gasteiger partial charge in [-0.2, -0.15) is 0 Å². The van der Waals surface area contributed by atoms with Crippen LogP contribution >= 0.6 is 0 Å². The molecule has 1 N–H and O–H groups in total. The minimum absolute atomic E-state index is 0.101. The summed E-state index contributed by atoms with van der Waals surface area (Å²) in [6.07, 6.45) is 6.63. The molecular formula is C17H24FN. The van der Waals surface area contributed by atoms with Crippen LogP contribution in [0.25, 0.3) is 0 Å². The third-order valence-corrected chi connectivity index (χ3v) is 5.13. The van der Waals surface area contributed by atoms with Crippen LogP contribution in [0, 0.1) is 11.2 Å². The van der Waals surface area contributed by atoms with Gasteiger partial charge in [0.25, 0.3) is 0 Å². The molecule has 0 aliphatic heterocycles. The summed E-state index contributed by atoms with van der Waals surface area (Å²) in [7, 11) is 0. The Hall–Kier alpha value is -0.890. The third-order valence-electron chi connectivity index (χ3n) is 5.13. The molecule has 2 aliphatic carbocycles. The van der Waals surface area contributed by atoms with Gasteiger partial charge in [-0.05, 0) is 48.8 Å². The zero-order valence-electron chi connectivity index (χ0n) is 12.0. The molecule has 0 saturated heterocycles. The van der Waals surface area contributed by atoms with Crippen molar-refractivity contribution in [1.29, 1.82) is 0 Å². The second-order valence-corrected chi connectivity index (χ2v) is 7.03. The van der Waals surface area contributed by atoms with E-state index >= 15 is 0 Å². The number of nitrogens with one attached hydrogen (secondary N) is 1. The lowest BCUT2D eigenvalue weighted by Crippen LogP contribution is -2.58. The Balaban J connectivity index is 1.81. The molecule has 2 aliphatic rings. The van der Waals surface area contributed by atoms with Crippen LogP contribution in [0.5, 0.6) is 0 Å². The van der Waals surface area contributed by atoms with Gasteiger partial charge in [0.05, 0.1) is 0 Å². The molecule has 0 amide bonds. The van der Waals surface area contributed by atoms with Gasteiger partial charge in [-0.3, -0.25) is 0 Å². The maximum atomic E-state index is 13.5. The van der Waals surface area contributed by atoms with E-state index in [1.54, 1.807) is 12.1 Å². The number of hydrogen-bond acceptors (Lipinski definition) is 1. The van der Waals surface area contributed by atoms with Gasteiger partial charge in [0.15, 0.2) is 0 Å². The maximum Gasteiger partial charge on any atom is 0.123 e. The highest BCUT2D eigenvalue weighted by Crippen LogP contribution is 2.64. The minimum Gasteiger partial charge on any atom is -0.314 e. The first-order chi connectivity index (χ1) is 9.04. The summed E-state index contributed by atoms with van der Waals surface area (Å²) < 4.78 is 13.5. The van der Waals surface area contributed by atoms with Gasteiger partial charge in [-0.1, -0.05) is 32.4 Å². The van der Waals surface area contributed by atoms with E-state index < -0.39 is 0 Å². The van der Waals surface area contributed by atoms with Crippen molar-refractivity contribution < 1.29 is 4.39 Å². The SMILES string of the molecule is CC(C)NCC1(c2cccc(F)c2)CC2(CCC2)C1. The van der Waals surface area contributed by atoms with Gasteiger partial charge in [-0.15, -0.1) is 0 Å². The largest absolute Gasteiger partial charge is 0.314 e. The van der Waals surface area contributed by atoms with Crippen LogP contribution in [0.15, 0.2) is 24.3 Å². The molecule has 0 heterocycles. The zero-order valence-corrected chi connectivity index (χ0v) is 12.0. The van der Waals surface area contributed by atoms with Crippen molar-refractivity contribution >= 4 is 0 Å². The Kier molecular flexibility index (Phi) is 3.17. The van der Waals surface area contributed by atoms with Crippen molar-refractivity contribution in [3.8, 4) is 0 Å². The molecule has 2 saturated carbocycles. The molecule has 0 unspecified atom stereocenters. The van der Waals surface area contributed by atoms with Gasteiger partial charge in [-0.25, -0.2) is 4.39 Å². The summed E-state index contributed by atoms with van der Waals surface area (Å²) in [5, 5.41) is 3.57. The Labute approximate surface area is 115 Å². The fourth-order valence-corrected chi connectivity index (χ4v) is 4.06. The topological polar surface area (TPSA) is 12.0 Å². The van der Waals surface area contributed by atoms with Crippen molar-refractivity contribution in [3.05, 3.63) is 35.6 Å². The molecule has 0 aromatic heterocycles. The summed E-state index contributed by atoms with van der Waals surface area (Å²) in [5.41, 5.74) is 1.97. The summed E-state index contributed by atoms with van der Waals surface area (Å²) in [6, 6.07) is 7.74. The second kappa shape index (κ2) is 4.59. The monoisotopic (exact) mass is 261 g/mol. The van der Waals surface area contributed by atoms with E-state index in [1.807, 2.05) is 6.07 Å². The smallest absolute Gasteiger partial charge is 0.123 e. The Morgan fingerprint density at radius 3 is 2.53 bits per heavy atom. The van der Waals surface area contributed by atoms with Crippen LogP contribution in [0.2, 0.25) is 0 Å². The van der Waals surface area contributed by atoms with E-state index in [4.69, 9.17) is 0 Å². The van der Waals surface area contributed by atoms with Crippen LogP contribution in [0.3, 0.4) is 0 Å². The van der Waals surface area contributed by atoms with Gasteiger partial charge in [0.1, 0.15) is 5.82 Å². The molecule has 1 spiro atoms. The normalized spacial score (nSPS) is 23.2. The van der Waals surface area contributed by atoms with E-state index in [0.29, 0.717) is 11.5 Å². The first kappa shape index (κ1) is 13.1. The maximum absolute atomic E-state index is 13.5. The molecule has 1 nitrogen and oxygen atoms in total. The molecule has 0 atom stereocenters. The van der Waals surface area contributed by atoms with E-state index in [1.165, 1.54) is 37.7 Å². The summed E-state index contributed by atoms with van der Waals surface area (Å²) >= 11 is 0. The third kappa shape index (κ3) is 2.31. The lowest BCUT2D eigenvalue weighted by Gasteiger charge is -2.62. The highest BCUT2D eigenvalue weighted by molar-refractivity contribution is 5.33. The van der Waals surface area contributed by atoms with Crippen LogP contribution in [-0.4, -0.2) is 12.6 Å². The Morgan fingerprint density at radius 1 is 1.26 bits per heavy atom.